The second-order valence-corrected chi connectivity index (χ2v) is 5.35. The highest BCUT2D eigenvalue weighted by Gasteiger charge is 2.31. The number of aliphatic carboxylic acids is 1. The fourth-order valence-corrected chi connectivity index (χ4v) is 2.60. The quantitative estimate of drug-likeness (QED) is 0.654. The van der Waals surface area contributed by atoms with Crippen molar-refractivity contribution in [3.05, 3.63) is 38.9 Å². The second-order valence-electron chi connectivity index (χ2n) is 4.94. The molecule has 1 fully saturated rings. The molecule has 8 heteroatoms. The Morgan fingerprint density at radius 2 is 2.10 bits per heavy atom. The summed E-state index contributed by atoms with van der Waals surface area (Å²) >= 11 is 5.88. The molecular weight excluding hydrogens is 300 g/mol. The maximum Gasteiger partial charge on any atom is 0.306 e. The number of nitrogens with zero attached hydrogens (tertiary/aromatic N) is 1. The number of carbonyl (C=O) groups excluding carboxylic acids is 1. The van der Waals surface area contributed by atoms with Crippen LogP contribution >= 0.6 is 11.6 Å². The molecule has 0 spiro atoms. The van der Waals surface area contributed by atoms with E-state index >= 15 is 0 Å². The van der Waals surface area contributed by atoms with Crippen LogP contribution in [-0.4, -0.2) is 27.9 Å². The number of carboxylic acids is 1. The van der Waals surface area contributed by atoms with Gasteiger partial charge in [-0.15, -0.1) is 0 Å². The summed E-state index contributed by atoms with van der Waals surface area (Å²) in [6.07, 6.45) is 1.42. The van der Waals surface area contributed by atoms with Crippen LogP contribution in [0, 0.1) is 16.0 Å². The Labute approximate surface area is 125 Å². The molecule has 0 radical (unpaired) electrons. The molecule has 0 saturated heterocycles. The molecule has 112 valence electrons. The van der Waals surface area contributed by atoms with Crippen LogP contribution < -0.4 is 5.32 Å². The molecule has 0 aromatic heterocycles. The average molecular weight is 313 g/mol. The summed E-state index contributed by atoms with van der Waals surface area (Å²) < 4.78 is 0. The number of halogens is 1. The van der Waals surface area contributed by atoms with Gasteiger partial charge in [-0.1, -0.05) is 11.6 Å². The molecule has 2 atom stereocenters. The van der Waals surface area contributed by atoms with Gasteiger partial charge in [-0.25, -0.2) is 0 Å². The normalized spacial score (nSPS) is 21.0. The third kappa shape index (κ3) is 3.49. The number of hydrogen-bond acceptors (Lipinski definition) is 4. The predicted octanol–water partition coefficient (Wildman–Crippen LogP) is 2.23. The Morgan fingerprint density at radius 1 is 1.38 bits per heavy atom. The largest absolute Gasteiger partial charge is 0.481 e. The van der Waals surface area contributed by atoms with Gasteiger partial charge in [-0.05, 0) is 25.3 Å². The van der Waals surface area contributed by atoms with Crippen LogP contribution in [-0.2, 0) is 4.79 Å². The first-order valence-corrected chi connectivity index (χ1v) is 6.74. The monoisotopic (exact) mass is 312 g/mol. The zero-order valence-electron chi connectivity index (χ0n) is 10.9. The lowest BCUT2D eigenvalue weighted by molar-refractivity contribution is -0.384. The van der Waals surface area contributed by atoms with E-state index in [2.05, 4.69) is 5.32 Å². The van der Waals surface area contributed by atoms with Crippen LogP contribution in [0.25, 0.3) is 0 Å². The molecule has 7 nitrogen and oxygen atoms in total. The number of hydrogen-bond donors (Lipinski definition) is 2. The van der Waals surface area contributed by atoms with Gasteiger partial charge in [-0.2, -0.15) is 0 Å². The van der Waals surface area contributed by atoms with Crippen LogP contribution in [0.5, 0.6) is 0 Å². The van der Waals surface area contributed by atoms with Gasteiger partial charge in [0.05, 0.1) is 21.4 Å². The van der Waals surface area contributed by atoms with Gasteiger partial charge in [0, 0.05) is 18.2 Å². The third-order valence-corrected chi connectivity index (χ3v) is 3.85. The number of nitro benzene ring substituents is 1. The minimum Gasteiger partial charge on any atom is -0.481 e. The van der Waals surface area contributed by atoms with E-state index in [9.17, 15) is 19.7 Å². The smallest absolute Gasteiger partial charge is 0.306 e. The first-order valence-electron chi connectivity index (χ1n) is 6.36. The minimum absolute atomic E-state index is 0.0182. The van der Waals surface area contributed by atoms with Crippen molar-refractivity contribution in [3.63, 3.8) is 0 Å². The molecule has 0 unspecified atom stereocenters. The van der Waals surface area contributed by atoms with Crippen LogP contribution in [0.4, 0.5) is 5.69 Å². The maximum atomic E-state index is 12.1. The number of rotatable bonds is 4. The summed E-state index contributed by atoms with van der Waals surface area (Å²) in [4.78, 5) is 33.1. The zero-order valence-corrected chi connectivity index (χ0v) is 11.7. The second kappa shape index (κ2) is 6.09. The van der Waals surface area contributed by atoms with E-state index < -0.39 is 22.7 Å². The Bertz CT molecular complexity index is 604. The number of benzene rings is 1. The van der Waals surface area contributed by atoms with E-state index in [1.807, 2.05) is 0 Å². The third-order valence-electron chi connectivity index (χ3n) is 3.52. The number of carboxylic acid groups (broad SMARTS) is 1. The van der Waals surface area contributed by atoms with Crippen molar-refractivity contribution < 1.29 is 19.6 Å². The highest BCUT2D eigenvalue weighted by molar-refractivity contribution is 6.33. The van der Waals surface area contributed by atoms with Crippen LogP contribution in [0.2, 0.25) is 5.02 Å². The van der Waals surface area contributed by atoms with Crippen molar-refractivity contribution in [3.8, 4) is 0 Å². The van der Waals surface area contributed by atoms with Gasteiger partial charge in [0.15, 0.2) is 0 Å². The fraction of sp³-hybridized carbons (Fsp3) is 0.385. The van der Waals surface area contributed by atoms with E-state index in [0.29, 0.717) is 19.3 Å². The van der Waals surface area contributed by atoms with E-state index in [1.165, 1.54) is 12.1 Å². The summed E-state index contributed by atoms with van der Waals surface area (Å²) in [5, 5.41) is 22.4. The molecule has 1 aliphatic rings. The van der Waals surface area contributed by atoms with Crippen LogP contribution in [0.3, 0.4) is 0 Å². The van der Waals surface area contributed by atoms with Crippen LogP contribution in [0.1, 0.15) is 29.6 Å². The molecule has 1 saturated carbocycles. The highest BCUT2D eigenvalue weighted by Crippen LogP contribution is 2.27. The van der Waals surface area contributed by atoms with Gasteiger partial charge in [0.2, 0.25) is 0 Å². The summed E-state index contributed by atoms with van der Waals surface area (Å²) in [6, 6.07) is 3.37. The molecule has 1 aromatic rings. The highest BCUT2D eigenvalue weighted by atomic mass is 35.5. The molecule has 1 aromatic carbocycles. The maximum absolute atomic E-state index is 12.1. The molecule has 0 heterocycles. The minimum atomic E-state index is -0.875. The lowest BCUT2D eigenvalue weighted by Crippen LogP contribution is -2.33. The Hall–Kier alpha value is -2.15. The van der Waals surface area contributed by atoms with Crippen molar-refractivity contribution in [2.24, 2.45) is 5.92 Å². The van der Waals surface area contributed by atoms with Crippen LogP contribution in [0.15, 0.2) is 18.2 Å². The van der Waals surface area contributed by atoms with E-state index in [-0.39, 0.29) is 22.3 Å². The Morgan fingerprint density at radius 3 is 2.67 bits per heavy atom. The lowest BCUT2D eigenvalue weighted by atomic mass is 10.1. The summed E-state index contributed by atoms with van der Waals surface area (Å²) in [7, 11) is 0. The number of carbonyl (C=O) groups is 2. The van der Waals surface area contributed by atoms with Crippen molar-refractivity contribution in [2.45, 2.75) is 25.3 Å². The van der Waals surface area contributed by atoms with Gasteiger partial charge in [0.1, 0.15) is 0 Å². The molecule has 1 amide bonds. The first kappa shape index (κ1) is 15.2. The van der Waals surface area contributed by atoms with Crippen molar-refractivity contribution in [1.82, 2.24) is 5.32 Å². The molecule has 2 rings (SSSR count). The number of nitrogens with one attached hydrogen (secondary N) is 1. The van der Waals surface area contributed by atoms with Crippen molar-refractivity contribution in [1.29, 1.82) is 0 Å². The molecule has 21 heavy (non-hydrogen) atoms. The Balaban J connectivity index is 2.09. The van der Waals surface area contributed by atoms with Crippen molar-refractivity contribution in [2.75, 3.05) is 0 Å². The van der Waals surface area contributed by atoms with Gasteiger partial charge in [0.25, 0.3) is 11.6 Å². The summed E-state index contributed by atoms with van der Waals surface area (Å²) in [5.41, 5.74) is -0.205. The SMILES string of the molecule is O=C(N[C@H]1CC[C@@H](C(=O)O)C1)c1cc([N+](=O)[O-])ccc1Cl. The van der Waals surface area contributed by atoms with Gasteiger partial charge in [-0.3, -0.25) is 19.7 Å². The molecule has 0 bridgehead atoms. The molecule has 2 N–H and O–H groups in total. The summed E-state index contributed by atoms with van der Waals surface area (Å²) in [6.45, 7) is 0. The van der Waals surface area contributed by atoms with E-state index in [0.717, 1.165) is 6.07 Å². The molecule has 1 aliphatic carbocycles. The molecule has 0 aliphatic heterocycles. The first-order chi connectivity index (χ1) is 9.88. The zero-order chi connectivity index (χ0) is 15.6. The predicted molar refractivity (Wildman–Crippen MR) is 74.3 cm³/mol. The number of non-ortho nitro benzene ring substituents is 1. The summed E-state index contributed by atoms with van der Waals surface area (Å²) in [5.74, 6) is -1.87. The van der Waals surface area contributed by atoms with Crippen molar-refractivity contribution >= 4 is 29.2 Å². The standard InChI is InChI=1S/C13H13ClN2O5/c14-11-4-3-9(16(20)21)6-10(11)12(17)15-8-2-1-7(5-8)13(18)19/h3-4,6-8H,1-2,5H2,(H,15,17)(H,18,19)/t7-,8+/m1/s1. The van der Waals surface area contributed by atoms with E-state index in [1.54, 1.807) is 0 Å². The number of nitro groups is 1. The van der Waals surface area contributed by atoms with Gasteiger partial charge >= 0.3 is 5.97 Å². The average Bonchev–Trinajstić information content (AvgIpc) is 2.87. The lowest BCUT2D eigenvalue weighted by Gasteiger charge is -2.13. The topological polar surface area (TPSA) is 110 Å². The number of amides is 1. The molecular formula is C13H13ClN2O5. The fourth-order valence-electron chi connectivity index (χ4n) is 2.40. The Kier molecular flexibility index (Phi) is 4.42. The van der Waals surface area contributed by atoms with E-state index in [4.69, 9.17) is 16.7 Å². The van der Waals surface area contributed by atoms with Gasteiger partial charge < -0.3 is 10.4 Å².